The van der Waals surface area contributed by atoms with Gasteiger partial charge in [-0.25, -0.2) is 0 Å². The van der Waals surface area contributed by atoms with Gasteiger partial charge in [0, 0.05) is 12.0 Å². The van der Waals surface area contributed by atoms with Crippen LogP contribution in [0.4, 0.5) is 5.69 Å². The second-order valence-electron chi connectivity index (χ2n) is 10.2. The molecular weight excluding hydrogens is 394 g/mol. The fourth-order valence-electron chi connectivity index (χ4n) is 6.95. The Morgan fingerprint density at radius 2 is 1.74 bits per heavy atom. The second kappa shape index (κ2) is 7.64. The monoisotopic (exact) mass is 425 g/mol. The molecule has 31 heavy (non-hydrogen) atoms. The maximum Gasteiger partial charge on any atom is 0.308 e. The molecule has 6 nitrogen and oxygen atoms in total. The number of fused-ring (bicyclic) bond motifs is 1. The Kier molecular flexibility index (Phi) is 5.06. The van der Waals surface area contributed by atoms with Crippen LogP contribution >= 0.6 is 0 Å². The van der Waals surface area contributed by atoms with Crippen LogP contribution in [0.15, 0.2) is 24.3 Å². The van der Waals surface area contributed by atoms with Crippen molar-refractivity contribution in [3.8, 4) is 5.75 Å². The van der Waals surface area contributed by atoms with E-state index in [-0.39, 0.29) is 30.1 Å². The zero-order valence-corrected chi connectivity index (χ0v) is 18.3. The van der Waals surface area contributed by atoms with E-state index in [1.807, 2.05) is 24.3 Å². The summed E-state index contributed by atoms with van der Waals surface area (Å²) in [7, 11) is 0. The standard InChI is InChI=1S/C25H31NO5/c1-15(23(28)25-12-17-9-18(13-25)11-19(10-17)14-25)31-22(27)7-8-26-20-5-3-4-6-21(20)30-16(2)24(26)29/h3-6,15-19H,7-14H2,1-2H3. The van der Waals surface area contributed by atoms with Crippen LogP contribution in [0.25, 0.3) is 0 Å². The number of carbonyl (C=O) groups excluding carboxylic acids is 3. The van der Waals surface area contributed by atoms with E-state index < -0.39 is 18.2 Å². The Hall–Kier alpha value is -2.37. The molecule has 1 amide bonds. The second-order valence-corrected chi connectivity index (χ2v) is 10.2. The topological polar surface area (TPSA) is 72.9 Å². The predicted octanol–water partition coefficient (Wildman–Crippen LogP) is 3.91. The summed E-state index contributed by atoms with van der Waals surface area (Å²) in [6.45, 7) is 3.63. The molecule has 0 saturated heterocycles. The van der Waals surface area contributed by atoms with Gasteiger partial charge in [-0.15, -0.1) is 0 Å². The summed E-state index contributed by atoms with van der Waals surface area (Å²) in [5.41, 5.74) is 0.388. The van der Waals surface area contributed by atoms with E-state index in [9.17, 15) is 14.4 Å². The van der Waals surface area contributed by atoms with Crippen molar-refractivity contribution in [3.63, 3.8) is 0 Å². The zero-order valence-electron chi connectivity index (χ0n) is 18.3. The van der Waals surface area contributed by atoms with Crippen molar-refractivity contribution in [2.45, 2.75) is 71.0 Å². The Morgan fingerprint density at radius 1 is 1.13 bits per heavy atom. The summed E-state index contributed by atoms with van der Waals surface area (Å²) in [6.07, 6.45) is 5.45. The average Bonchev–Trinajstić information content (AvgIpc) is 2.72. The molecule has 5 aliphatic rings. The Bertz CT molecular complexity index is 874. The highest BCUT2D eigenvalue weighted by Gasteiger charge is 2.55. The van der Waals surface area contributed by atoms with Gasteiger partial charge in [0.25, 0.3) is 5.91 Å². The maximum atomic E-state index is 13.3. The van der Waals surface area contributed by atoms with Gasteiger partial charge in [0.1, 0.15) is 5.75 Å². The first-order chi connectivity index (χ1) is 14.8. The maximum absolute atomic E-state index is 13.3. The van der Waals surface area contributed by atoms with Gasteiger partial charge in [-0.05, 0) is 82.3 Å². The molecule has 6 heteroatoms. The average molecular weight is 426 g/mol. The molecule has 0 N–H and O–H groups in total. The summed E-state index contributed by atoms with van der Waals surface area (Å²) in [5, 5.41) is 0. The summed E-state index contributed by atoms with van der Waals surface area (Å²) in [5.74, 6) is 2.15. The number of para-hydroxylation sites is 2. The van der Waals surface area contributed by atoms with Crippen LogP contribution in [-0.4, -0.2) is 36.4 Å². The smallest absolute Gasteiger partial charge is 0.308 e. The third-order valence-electron chi connectivity index (χ3n) is 7.85. The quantitative estimate of drug-likeness (QED) is 0.646. The fraction of sp³-hybridized carbons (Fsp3) is 0.640. The molecule has 166 valence electrons. The molecule has 0 spiro atoms. The molecular formula is C25H31NO5. The molecule has 2 unspecified atom stereocenters. The molecule has 1 heterocycles. The van der Waals surface area contributed by atoms with Crippen LogP contribution < -0.4 is 9.64 Å². The van der Waals surface area contributed by atoms with Crippen LogP contribution in [0.5, 0.6) is 5.75 Å². The first-order valence-corrected chi connectivity index (χ1v) is 11.7. The van der Waals surface area contributed by atoms with Gasteiger partial charge in [0.15, 0.2) is 18.0 Å². The molecule has 1 aromatic rings. The first-order valence-electron chi connectivity index (χ1n) is 11.7. The number of ketones is 1. The predicted molar refractivity (Wildman–Crippen MR) is 115 cm³/mol. The number of benzene rings is 1. The molecule has 0 radical (unpaired) electrons. The minimum atomic E-state index is -0.727. The third kappa shape index (κ3) is 3.64. The number of hydrogen-bond acceptors (Lipinski definition) is 5. The van der Waals surface area contributed by atoms with Crippen LogP contribution in [0.2, 0.25) is 0 Å². The van der Waals surface area contributed by atoms with Crippen molar-refractivity contribution < 1.29 is 23.9 Å². The summed E-state index contributed by atoms with van der Waals surface area (Å²) < 4.78 is 11.2. The van der Waals surface area contributed by atoms with E-state index in [2.05, 4.69) is 0 Å². The van der Waals surface area contributed by atoms with Gasteiger partial charge in [0.2, 0.25) is 0 Å². The van der Waals surface area contributed by atoms with E-state index in [1.165, 1.54) is 19.3 Å². The van der Waals surface area contributed by atoms with Crippen LogP contribution in [0.3, 0.4) is 0 Å². The molecule has 6 rings (SSSR count). The van der Waals surface area contributed by atoms with Crippen molar-refractivity contribution in [1.29, 1.82) is 0 Å². The lowest BCUT2D eigenvalue weighted by atomic mass is 9.48. The van der Waals surface area contributed by atoms with Gasteiger partial charge in [-0.2, -0.15) is 0 Å². The van der Waals surface area contributed by atoms with E-state index >= 15 is 0 Å². The van der Waals surface area contributed by atoms with Gasteiger partial charge in [-0.3, -0.25) is 14.4 Å². The lowest BCUT2D eigenvalue weighted by Crippen LogP contribution is -2.52. The van der Waals surface area contributed by atoms with Crippen LogP contribution in [0.1, 0.15) is 58.8 Å². The van der Waals surface area contributed by atoms with Crippen LogP contribution in [-0.2, 0) is 19.1 Å². The minimum Gasteiger partial charge on any atom is -0.479 e. The van der Waals surface area contributed by atoms with E-state index in [1.54, 1.807) is 18.7 Å². The van der Waals surface area contributed by atoms with Gasteiger partial charge in [0.05, 0.1) is 12.1 Å². The number of ether oxygens (including phenoxy) is 2. The fourth-order valence-corrected chi connectivity index (χ4v) is 6.95. The Balaban J connectivity index is 1.20. The highest BCUT2D eigenvalue weighted by Crippen LogP contribution is 2.60. The van der Waals surface area contributed by atoms with Gasteiger partial charge >= 0.3 is 5.97 Å². The number of Topliss-reactive ketones (excluding diaryl/α,β-unsaturated/α-hetero) is 1. The minimum absolute atomic E-state index is 0.0469. The molecule has 1 aromatic carbocycles. The highest BCUT2D eigenvalue weighted by atomic mass is 16.5. The molecule has 4 fully saturated rings. The summed E-state index contributed by atoms with van der Waals surface area (Å²) >= 11 is 0. The highest BCUT2D eigenvalue weighted by molar-refractivity contribution is 6.00. The summed E-state index contributed by atoms with van der Waals surface area (Å²) in [6, 6.07) is 7.31. The van der Waals surface area contributed by atoms with Crippen LogP contribution in [0, 0.1) is 23.2 Å². The Labute approximate surface area is 183 Å². The SMILES string of the molecule is CC1Oc2ccccc2N(CCC(=O)OC(C)C(=O)C23CC4CC(CC(C4)C2)C3)C1=O. The zero-order chi connectivity index (χ0) is 21.8. The summed E-state index contributed by atoms with van der Waals surface area (Å²) in [4.78, 5) is 40.1. The van der Waals surface area contributed by atoms with Crippen molar-refractivity contribution in [2.24, 2.45) is 23.2 Å². The lowest BCUT2D eigenvalue weighted by Gasteiger charge is -2.56. The lowest BCUT2D eigenvalue weighted by molar-refractivity contribution is -0.164. The normalized spacial score (nSPS) is 34.1. The number of amides is 1. The van der Waals surface area contributed by atoms with Crippen molar-refractivity contribution >= 4 is 23.3 Å². The van der Waals surface area contributed by atoms with Gasteiger partial charge < -0.3 is 14.4 Å². The Morgan fingerprint density at radius 3 is 2.39 bits per heavy atom. The third-order valence-corrected chi connectivity index (χ3v) is 7.85. The number of hydrogen-bond donors (Lipinski definition) is 0. The van der Waals surface area contributed by atoms with E-state index in [4.69, 9.17) is 9.47 Å². The number of anilines is 1. The molecule has 1 aliphatic heterocycles. The largest absolute Gasteiger partial charge is 0.479 e. The van der Waals surface area contributed by atoms with Crippen molar-refractivity contribution in [3.05, 3.63) is 24.3 Å². The number of carbonyl (C=O) groups is 3. The van der Waals surface area contributed by atoms with E-state index in [0.717, 1.165) is 19.3 Å². The number of rotatable bonds is 6. The molecule has 4 bridgehead atoms. The molecule has 4 saturated carbocycles. The molecule has 2 atom stereocenters. The molecule has 4 aliphatic carbocycles. The number of esters is 1. The molecule has 0 aromatic heterocycles. The number of nitrogens with zero attached hydrogens (tertiary/aromatic N) is 1. The van der Waals surface area contributed by atoms with Crippen molar-refractivity contribution in [2.75, 3.05) is 11.4 Å². The van der Waals surface area contributed by atoms with Crippen molar-refractivity contribution in [1.82, 2.24) is 0 Å². The van der Waals surface area contributed by atoms with Gasteiger partial charge in [-0.1, -0.05) is 12.1 Å². The first kappa shape index (κ1) is 20.5. The van der Waals surface area contributed by atoms with E-state index in [0.29, 0.717) is 29.2 Å².